The minimum Gasteiger partial charge on any atom is -0.496 e. The number of hydrazone groups is 1. The van der Waals surface area contributed by atoms with Gasteiger partial charge in [0, 0.05) is 36.1 Å². The van der Waals surface area contributed by atoms with E-state index >= 15 is 0 Å². The molecule has 0 aliphatic carbocycles. The quantitative estimate of drug-likeness (QED) is 0.597. The third-order valence-corrected chi connectivity index (χ3v) is 3.75. The van der Waals surface area contributed by atoms with Gasteiger partial charge in [0.2, 0.25) is 0 Å². The number of hydrogen-bond acceptors (Lipinski definition) is 4. The van der Waals surface area contributed by atoms with Crippen LogP contribution >= 0.6 is 0 Å². The molecule has 0 atom stereocenters. The van der Waals surface area contributed by atoms with Crippen molar-refractivity contribution in [2.24, 2.45) is 5.10 Å². The molecule has 0 unspecified atom stereocenters. The molecule has 0 aromatic heterocycles. The largest absolute Gasteiger partial charge is 0.496 e. The number of urea groups is 1. The molecule has 2 aromatic rings. The van der Waals surface area contributed by atoms with E-state index in [-0.39, 0.29) is 0 Å². The number of anilines is 2. The highest BCUT2D eigenvalue weighted by Gasteiger charge is 2.07. The number of amides is 2. The van der Waals surface area contributed by atoms with Gasteiger partial charge in [-0.3, -0.25) is 0 Å². The minimum atomic E-state index is -0.402. The van der Waals surface area contributed by atoms with E-state index in [9.17, 15) is 4.79 Å². The Labute approximate surface area is 148 Å². The van der Waals surface area contributed by atoms with Crippen LogP contribution in [0, 0.1) is 0 Å². The first kappa shape index (κ1) is 18.3. The molecule has 0 bridgehead atoms. The lowest BCUT2D eigenvalue weighted by molar-refractivity contribution is 0.252. The van der Waals surface area contributed by atoms with Crippen molar-refractivity contribution in [3.63, 3.8) is 0 Å². The second kappa shape index (κ2) is 9.32. The Morgan fingerprint density at radius 2 is 1.88 bits per heavy atom. The summed E-state index contributed by atoms with van der Waals surface area (Å²) in [5.74, 6) is 0.707. The summed E-state index contributed by atoms with van der Waals surface area (Å²) in [6.45, 7) is 6.07. The summed E-state index contributed by atoms with van der Waals surface area (Å²) in [4.78, 5) is 14.0. The van der Waals surface area contributed by atoms with Gasteiger partial charge in [-0.25, -0.2) is 10.2 Å². The Hall–Kier alpha value is -3.02. The van der Waals surface area contributed by atoms with Crippen LogP contribution in [0.5, 0.6) is 5.75 Å². The van der Waals surface area contributed by atoms with E-state index < -0.39 is 6.03 Å². The van der Waals surface area contributed by atoms with Crippen molar-refractivity contribution < 1.29 is 9.53 Å². The predicted octanol–water partition coefficient (Wildman–Crippen LogP) is 3.70. The number of ether oxygens (including phenoxy) is 1. The molecule has 0 aliphatic rings. The monoisotopic (exact) mass is 340 g/mol. The highest BCUT2D eigenvalue weighted by atomic mass is 16.5. The number of para-hydroxylation sites is 1. The fraction of sp³-hybridized carbons (Fsp3) is 0.263. The maximum atomic E-state index is 11.8. The fourth-order valence-electron chi connectivity index (χ4n) is 2.43. The number of methoxy groups -OCH3 is 1. The third kappa shape index (κ3) is 5.24. The van der Waals surface area contributed by atoms with Crippen LogP contribution in [0.3, 0.4) is 0 Å². The fourth-order valence-corrected chi connectivity index (χ4v) is 2.43. The van der Waals surface area contributed by atoms with Gasteiger partial charge in [-0.2, -0.15) is 5.10 Å². The lowest BCUT2D eigenvalue weighted by Gasteiger charge is -2.21. The first-order chi connectivity index (χ1) is 12.2. The van der Waals surface area contributed by atoms with Gasteiger partial charge in [0.25, 0.3) is 0 Å². The molecule has 0 spiro atoms. The van der Waals surface area contributed by atoms with Gasteiger partial charge < -0.3 is 15.0 Å². The molecule has 132 valence electrons. The van der Waals surface area contributed by atoms with Gasteiger partial charge in [0.15, 0.2) is 0 Å². The summed E-state index contributed by atoms with van der Waals surface area (Å²) in [6.07, 6.45) is 1.56. The average Bonchev–Trinajstić information content (AvgIpc) is 2.64. The number of rotatable bonds is 7. The molecule has 2 aromatic carbocycles. The Kier molecular flexibility index (Phi) is 6.83. The molecule has 2 rings (SSSR count). The van der Waals surface area contributed by atoms with Crippen molar-refractivity contribution in [1.29, 1.82) is 0 Å². The molecule has 0 aliphatic heterocycles. The summed E-state index contributed by atoms with van der Waals surface area (Å²) in [5, 5.41) is 6.67. The van der Waals surface area contributed by atoms with Crippen LogP contribution in [0.15, 0.2) is 53.6 Å². The molecule has 6 heteroatoms. The Balaban J connectivity index is 2.01. The summed E-state index contributed by atoms with van der Waals surface area (Å²) in [5.41, 5.74) is 5.03. The zero-order valence-corrected chi connectivity index (χ0v) is 14.8. The van der Waals surface area contributed by atoms with Gasteiger partial charge in [0.1, 0.15) is 5.75 Å². The Bertz CT molecular complexity index is 713. The maximum absolute atomic E-state index is 11.8. The minimum absolute atomic E-state index is 0.402. The summed E-state index contributed by atoms with van der Waals surface area (Å²) >= 11 is 0. The van der Waals surface area contributed by atoms with E-state index in [0.29, 0.717) is 11.4 Å². The average molecular weight is 340 g/mol. The van der Waals surface area contributed by atoms with E-state index in [2.05, 4.69) is 34.6 Å². The molecule has 2 N–H and O–H groups in total. The van der Waals surface area contributed by atoms with E-state index in [1.807, 2.05) is 36.4 Å². The highest BCUT2D eigenvalue weighted by molar-refractivity contribution is 5.91. The first-order valence-electron chi connectivity index (χ1n) is 8.26. The van der Waals surface area contributed by atoms with E-state index in [1.54, 1.807) is 25.5 Å². The summed E-state index contributed by atoms with van der Waals surface area (Å²) in [7, 11) is 1.62. The van der Waals surface area contributed by atoms with E-state index in [4.69, 9.17) is 4.74 Å². The molecule has 0 saturated carbocycles. The van der Waals surface area contributed by atoms with Crippen molar-refractivity contribution in [2.45, 2.75) is 13.8 Å². The zero-order valence-electron chi connectivity index (χ0n) is 14.8. The molecule has 0 saturated heterocycles. The summed E-state index contributed by atoms with van der Waals surface area (Å²) < 4.78 is 5.43. The van der Waals surface area contributed by atoms with Gasteiger partial charge in [0.05, 0.1) is 13.3 Å². The van der Waals surface area contributed by atoms with Crippen molar-refractivity contribution in [1.82, 2.24) is 5.43 Å². The summed E-state index contributed by atoms with van der Waals surface area (Å²) in [6, 6.07) is 14.7. The topological polar surface area (TPSA) is 66.0 Å². The number of nitrogens with zero attached hydrogens (tertiary/aromatic N) is 2. The van der Waals surface area contributed by atoms with Crippen molar-refractivity contribution in [3.8, 4) is 5.75 Å². The molecule has 25 heavy (non-hydrogen) atoms. The van der Waals surface area contributed by atoms with Crippen LogP contribution in [0.4, 0.5) is 16.2 Å². The highest BCUT2D eigenvalue weighted by Crippen LogP contribution is 2.24. The van der Waals surface area contributed by atoms with Gasteiger partial charge in [-0.15, -0.1) is 0 Å². The number of carbonyl (C=O) groups excluding carboxylic acids is 1. The lowest BCUT2D eigenvalue weighted by atomic mass is 10.2. The number of benzene rings is 2. The smallest absolute Gasteiger partial charge is 0.339 e. The number of carbonyl (C=O) groups is 1. The van der Waals surface area contributed by atoms with Crippen LogP contribution in [0.1, 0.15) is 19.4 Å². The second-order valence-electron chi connectivity index (χ2n) is 5.29. The van der Waals surface area contributed by atoms with Crippen molar-refractivity contribution >= 4 is 23.6 Å². The van der Waals surface area contributed by atoms with Gasteiger partial charge in [-0.1, -0.05) is 18.2 Å². The Morgan fingerprint density at radius 1 is 1.16 bits per heavy atom. The molecule has 0 radical (unpaired) electrons. The van der Waals surface area contributed by atoms with Crippen LogP contribution in [0.25, 0.3) is 0 Å². The molecule has 0 fully saturated rings. The number of nitrogens with one attached hydrogen (secondary N) is 2. The van der Waals surface area contributed by atoms with Gasteiger partial charge in [-0.05, 0) is 38.1 Å². The van der Waals surface area contributed by atoms with E-state index in [1.165, 1.54) is 0 Å². The SMILES string of the molecule is CCN(CC)c1ccc(C=NNC(=O)Nc2ccccc2)c(OC)c1. The molecule has 2 amide bonds. The van der Waals surface area contributed by atoms with Gasteiger partial charge >= 0.3 is 6.03 Å². The maximum Gasteiger partial charge on any atom is 0.339 e. The van der Waals surface area contributed by atoms with Crippen molar-refractivity contribution in [2.75, 3.05) is 30.4 Å². The lowest BCUT2D eigenvalue weighted by Crippen LogP contribution is -2.24. The zero-order chi connectivity index (χ0) is 18.1. The van der Waals surface area contributed by atoms with Crippen LogP contribution in [-0.2, 0) is 0 Å². The third-order valence-electron chi connectivity index (χ3n) is 3.75. The molecule has 0 heterocycles. The van der Waals surface area contributed by atoms with Crippen LogP contribution in [0.2, 0.25) is 0 Å². The first-order valence-corrected chi connectivity index (χ1v) is 8.26. The van der Waals surface area contributed by atoms with Crippen LogP contribution in [-0.4, -0.2) is 32.4 Å². The molecular weight excluding hydrogens is 316 g/mol. The second-order valence-corrected chi connectivity index (χ2v) is 5.29. The predicted molar refractivity (Wildman–Crippen MR) is 103 cm³/mol. The molecular formula is C19H24N4O2. The normalized spacial score (nSPS) is 10.5. The van der Waals surface area contributed by atoms with Crippen molar-refractivity contribution in [3.05, 3.63) is 54.1 Å². The van der Waals surface area contributed by atoms with E-state index in [0.717, 1.165) is 24.3 Å². The standard InChI is InChI=1S/C19H24N4O2/c1-4-23(5-2)17-12-11-15(18(13-17)25-3)14-20-22-19(24)21-16-9-7-6-8-10-16/h6-14H,4-5H2,1-3H3,(H2,21,22,24). The molecule has 6 nitrogen and oxygen atoms in total. The van der Waals surface area contributed by atoms with Crippen LogP contribution < -0.4 is 20.4 Å². The Morgan fingerprint density at radius 3 is 2.52 bits per heavy atom. The number of hydrogen-bond donors (Lipinski definition) is 2.